The Kier molecular flexibility index (Phi) is 7.57. The first-order valence-electron chi connectivity index (χ1n) is 15.5. The van der Waals surface area contributed by atoms with Gasteiger partial charge in [0.25, 0.3) is 11.8 Å². The highest BCUT2D eigenvalue weighted by molar-refractivity contribution is 9.10. The minimum atomic E-state index is -0.749. The van der Waals surface area contributed by atoms with Crippen LogP contribution in [0.2, 0.25) is 0 Å². The van der Waals surface area contributed by atoms with E-state index in [1.54, 1.807) is 12.1 Å². The van der Waals surface area contributed by atoms with Gasteiger partial charge in [0.05, 0.1) is 16.8 Å². The number of carbonyl (C=O) groups excluding carboxylic acids is 3. The number of barbiturate groups is 1. The molecule has 4 saturated carbocycles. The van der Waals surface area contributed by atoms with Crippen LogP contribution in [0.1, 0.15) is 62.1 Å². The van der Waals surface area contributed by atoms with Crippen LogP contribution in [-0.4, -0.2) is 24.5 Å². The molecule has 0 radical (unpaired) electrons. The first-order valence-corrected chi connectivity index (χ1v) is 16.3. The molecule has 1 aliphatic heterocycles. The van der Waals surface area contributed by atoms with Gasteiger partial charge in [-0.1, -0.05) is 42.5 Å². The highest BCUT2D eigenvalue weighted by Crippen LogP contribution is 2.60. The standard InChI is InChI=1S/C36H35BrN2O5/c1-2-43-31-17-23(16-30(37)32(31)44-21-22-6-4-3-5-7-22)15-29-33(40)38-35(42)39(34(29)41)28-10-8-27(9-11-28)36-18-24-12-25(19-36)14-26(13-24)20-36/h3-11,15-17,24-26H,2,12-14,18-21H2,1H3,(H,38,40,42)/b29-15+. The molecule has 7 nitrogen and oxygen atoms in total. The molecule has 5 aliphatic rings. The maximum absolute atomic E-state index is 13.7. The van der Waals surface area contributed by atoms with E-state index in [2.05, 4.69) is 33.4 Å². The Hall–Kier alpha value is -3.91. The Labute approximate surface area is 265 Å². The number of benzene rings is 3. The lowest BCUT2D eigenvalue weighted by Crippen LogP contribution is -2.54. The van der Waals surface area contributed by atoms with Crippen LogP contribution in [0.4, 0.5) is 10.5 Å². The summed E-state index contributed by atoms with van der Waals surface area (Å²) in [5.74, 6) is 2.06. The third kappa shape index (κ3) is 5.34. The molecule has 8 rings (SSSR count). The molecule has 0 atom stereocenters. The van der Waals surface area contributed by atoms with Crippen molar-refractivity contribution in [2.45, 2.75) is 57.5 Å². The molecule has 0 aromatic heterocycles. The smallest absolute Gasteiger partial charge is 0.335 e. The number of rotatable bonds is 8. The third-order valence-electron chi connectivity index (χ3n) is 9.75. The van der Waals surface area contributed by atoms with E-state index in [1.807, 2.05) is 49.4 Å². The monoisotopic (exact) mass is 654 g/mol. The SMILES string of the molecule is CCOc1cc(/C=C2\C(=O)NC(=O)N(c3ccc(C45CC6CC(CC(C6)C4)C5)cc3)C2=O)cc(Br)c1OCc1ccccc1. The van der Waals surface area contributed by atoms with Crippen molar-refractivity contribution in [3.05, 3.63) is 93.5 Å². The number of nitrogens with one attached hydrogen (secondary N) is 1. The Balaban J connectivity index is 1.14. The van der Waals surface area contributed by atoms with Gasteiger partial charge in [-0.2, -0.15) is 0 Å². The van der Waals surface area contributed by atoms with Crippen LogP contribution in [0.25, 0.3) is 6.08 Å². The lowest BCUT2D eigenvalue weighted by Gasteiger charge is -2.57. The second-order valence-corrected chi connectivity index (χ2v) is 13.6. The summed E-state index contributed by atoms with van der Waals surface area (Å²) >= 11 is 3.57. The maximum Gasteiger partial charge on any atom is 0.335 e. The molecule has 44 heavy (non-hydrogen) atoms. The summed E-state index contributed by atoms with van der Waals surface area (Å²) in [6, 6.07) is 20.4. The van der Waals surface area contributed by atoms with Crippen LogP contribution in [-0.2, 0) is 21.6 Å². The van der Waals surface area contributed by atoms with Crippen molar-refractivity contribution in [1.82, 2.24) is 5.32 Å². The predicted molar refractivity (Wildman–Crippen MR) is 171 cm³/mol. The van der Waals surface area contributed by atoms with Gasteiger partial charge in [0.2, 0.25) is 0 Å². The Bertz CT molecular complexity index is 1610. The Morgan fingerprint density at radius 2 is 1.57 bits per heavy atom. The van der Waals surface area contributed by atoms with Gasteiger partial charge in [-0.15, -0.1) is 0 Å². The molecule has 4 amide bonds. The first-order chi connectivity index (χ1) is 21.3. The van der Waals surface area contributed by atoms with Gasteiger partial charge in [0.15, 0.2) is 11.5 Å². The average molecular weight is 656 g/mol. The normalized spacial score (nSPS) is 26.7. The quantitative estimate of drug-likeness (QED) is 0.200. The van der Waals surface area contributed by atoms with Crippen LogP contribution < -0.4 is 19.7 Å². The summed E-state index contributed by atoms with van der Waals surface area (Å²) in [4.78, 5) is 40.6. The first kappa shape index (κ1) is 28.8. The number of urea groups is 1. The van der Waals surface area contributed by atoms with E-state index < -0.39 is 17.8 Å². The molecule has 0 spiro atoms. The van der Waals surface area contributed by atoms with Crippen molar-refractivity contribution < 1.29 is 23.9 Å². The van der Waals surface area contributed by atoms with Crippen LogP contribution in [0.5, 0.6) is 11.5 Å². The van der Waals surface area contributed by atoms with Crippen LogP contribution in [0, 0.1) is 17.8 Å². The fourth-order valence-corrected chi connectivity index (χ4v) is 8.87. The van der Waals surface area contributed by atoms with Gasteiger partial charge in [-0.25, -0.2) is 9.69 Å². The molecule has 8 heteroatoms. The molecule has 3 aromatic rings. The number of anilines is 1. The molecular formula is C36H35BrN2O5. The summed E-state index contributed by atoms with van der Waals surface area (Å²) < 4.78 is 12.6. The third-order valence-corrected chi connectivity index (χ3v) is 10.3. The maximum atomic E-state index is 13.7. The summed E-state index contributed by atoms with van der Waals surface area (Å²) in [6.07, 6.45) is 9.29. The number of ether oxygens (including phenoxy) is 2. The van der Waals surface area contributed by atoms with Gasteiger partial charge < -0.3 is 9.47 Å². The summed E-state index contributed by atoms with van der Waals surface area (Å²) in [7, 11) is 0. The molecule has 4 aliphatic carbocycles. The van der Waals surface area contributed by atoms with Crippen LogP contribution in [0.3, 0.4) is 0 Å². The predicted octanol–water partition coefficient (Wildman–Crippen LogP) is 7.56. The number of imide groups is 2. The van der Waals surface area contributed by atoms with E-state index in [0.29, 0.717) is 40.4 Å². The second kappa shape index (κ2) is 11.5. The van der Waals surface area contributed by atoms with Gasteiger partial charge in [-0.3, -0.25) is 14.9 Å². The molecule has 4 bridgehead atoms. The van der Waals surface area contributed by atoms with Gasteiger partial charge >= 0.3 is 6.03 Å². The number of nitrogens with zero attached hydrogens (tertiary/aromatic N) is 1. The van der Waals surface area contributed by atoms with Crippen molar-refractivity contribution in [3.8, 4) is 11.5 Å². The van der Waals surface area contributed by atoms with Crippen molar-refractivity contribution >= 4 is 45.5 Å². The second-order valence-electron chi connectivity index (χ2n) is 12.7. The Morgan fingerprint density at radius 3 is 2.20 bits per heavy atom. The van der Waals surface area contributed by atoms with Crippen molar-refractivity contribution in [3.63, 3.8) is 0 Å². The van der Waals surface area contributed by atoms with E-state index >= 15 is 0 Å². The minimum absolute atomic E-state index is 0.137. The number of amides is 4. The molecule has 1 heterocycles. The number of halogens is 1. The zero-order chi connectivity index (χ0) is 30.4. The topological polar surface area (TPSA) is 84.9 Å². The molecule has 5 fully saturated rings. The van der Waals surface area contributed by atoms with Crippen molar-refractivity contribution in [2.75, 3.05) is 11.5 Å². The van der Waals surface area contributed by atoms with Gasteiger partial charge in [0.1, 0.15) is 12.2 Å². The summed E-state index contributed by atoms with van der Waals surface area (Å²) in [5.41, 5.74) is 3.39. The Morgan fingerprint density at radius 1 is 0.909 bits per heavy atom. The van der Waals surface area contributed by atoms with E-state index in [0.717, 1.165) is 28.2 Å². The number of hydrogen-bond acceptors (Lipinski definition) is 5. The largest absolute Gasteiger partial charge is 0.490 e. The molecule has 1 saturated heterocycles. The van der Waals surface area contributed by atoms with Crippen LogP contribution >= 0.6 is 15.9 Å². The van der Waals surface area contributed by atoms with E-state index in [-0.39, 0.29) is 11.0 Å². The lowest BCUT2D eigenvalue weighted by atomic mass is 9.48. The highest BCUT2D eigenvalue weighted by Gasteiger charge is 2.51. The van der Waals surface area contributed by atoms with E-state index in [1.165, 1.54) is 50.2 Å². The lowest BCUT2D eigenvalue weighted by molar-refractivity contribution is -0.122. The number of hydrogen-bond donors (Lipinski definition) is 1. The molecule has 226 valence electrons. The van der Waals surface area contributed by atoms with E-state index in [4.69, 9.17) is 9.47 Å². The average Bonchev–Trinajstić information content (AvgIpc) is 2.99. The van der Waals surface area contributed by atoms with Crippen LogP contribution in [0.15, 0.2) is 76.8 Å². The van der Waals surface area contributed by atoms with Gasteiger partial charge in [0, 0.05) is 0 Å². The summed E-state index contributed by atoms with van der Waals surface area (Å²) in [6.45, 7) is 2.62. The zero-order valence-electron chi connectivity index (χ0n) is 24.7. The summed E-state index contributed by atoms with van der Waals surface area (Å²) in [5, 5.41) is 2.35. The fourth-order valence-electron chi connectivity index (χ4n) is 8.29. The molecule has 3 aromatic carbocycles. The fraction of sp³-hybridized carbons (Fsp3) is 0.361. The van der Waals surface area contributed by atoms with E-state index in [9.17, 15) is 14.4 Å². The minimum Gasteiger partial charge on any atom is -0.490 e. The number of carbonyl (C=O) groups is 3. The molecular weight excluding hydrogens is 620 g/mol. The van der Waals surface area contributed by atoms with Gasteiger partial charge in [-0.05, 0) is 132 Å². The molecule has 0 unspecified atom stereocenters. The molecule has 1 N–H and O–H groups in total. The van der Waals surface area contributed by atoms with Crippen molar-refractivity contribution in [1.29, 1.82) is 0 Å². The van der Waals surface area contributed by atoms with Crippen molar-refractivity contribution in [2.24, 2.45) is 17.8 Å². The zero-order valence-corrected chi connectivity index (χ0v) is 26.3. The highest BCUT2D eigenvalue weighted by atomic mass is 79.9.